The first kappa shape index (κ1) is 96.4. The molecule has 578 valence electrons. The average molecular weight is 1420 g/mol. The molecule has 0 bridgehead atoms. The standard InChI is InChI=1S/C90H160NO8P/c1-6-8-10-12-14-16-18-20-22-24-26-28-30-32-34-36-38-40-42-44-45-47-48-50-52-54-56-58-60-62-64-66-68-70-72-74-76-78-80-82-89(92)96-86-88(87-98-100(94,95)97-85-84-91(3,4)5)99-90(93)83-81-79-77-75-73-71-69-67-65-63-61-59-57-55-53-51-49-46-43-41-39-37-35-33-31-29-27-25-23-21-19-17-15-13-11-9-7-2/h9,11,15,17-18,20-21,23-24,26-27,29-30,32-33,35,39,41,46,49,88H,6-8,10,12-14,16,19,22,25,28,31,34,36-38,40,42-45,47-48,50-87H2,1-5H3/b11-9-,17-15-,20-18-,23-21-,26-24-,29-27-,32-30-,35-33-,41-39-,49-46-. The van der Waals surface area contributed by atoms with Crippen LogP contribution in [-0.2, 0) is 32.7 Å². The zero-order chi connectivity index (χ0) is 72.5. The van der Waals surface area contributed by atoms with E-state index in [1.807, 2.05) is 21.1 Å². The van der Waals surface area contributed by atoms with E-state index in [2.05, 4.69) is 135 Å². The van der Waals surface area contributed by atoms with E-state index in [1.165, 1.54) is 257 Å². The first-order valence-electron chi connectivity index (χ1n) is 42.2. The number of unbranched alkanes of at least 4 members (excludes halogenated alkanes) is 44. The molecule has 2 atom stereocenters. The van der Waals surface area contributed by atoms with Crippen LogP contribution in [0, 0.1) is 0 Å². The molecule has 100 heavy (non-hydrogen) atoms. The van der Waals surface area contributed by atoms with Gasteiger partial charge in [0.05, 0.1) is 27.7 Å². The second-order valence-corrected chi connectivity index (χ2v) is 30.9. The number of esters is 2. The van der Waals surface area contributed by atoms with Crippen LogP contribution in [0.5, 0.6) is 0 Å². The van der Waals surface area contributed by atoms with Crippen molar-refractivity contribution in [1.82, 2.24) is 0 Å². The van der Waals surface area contributed by atoms with E-state index in [0.717, 1.165) is 96.3 Å². The lowest BCUT2D eigenvalue weighted by molar-refractivity contribution is -0.870. The minimum atomic E-state index is -4.65. The number of ether oxygens (including phenoxy) is 2. The van der Waals surface area contributed by atoms with Crippen molar-refractivity contribution in [3.8, 4) is 0 Å². The summed E-state index contributed by atoms with van der Waals surface area (Å²) in [7, 11) is 1.17. The largest absolute Gasteiger partial charge is 0.756 e. The number of phosphoric ester groups is 1. The molecule has 9 nitrogen and oxygen atoms in total. The Morgan fingerprint density at radius 1 is 0.320 bits per heavy atom. The van der Waals surface area contributed by atoms with Crippen molar-refractivity contribution in [3.63, 3.8) is 0 Å². The summed E-state index contributed by atoms with van der Waals surface area (Å²) in [5.41, 5.74) is 0. The monoisotopic (exact) mass is 1410 g/mol. The molecule has 0 aliphatic carbocycles. The van der Waals surface area contributed by atoms with Crippen molar-refractivity contribution in [2.45, 2.75) is 392 Å². The Balaban J connectivity index is 3.93. The van der Waals surface area contributed by atoms with Crippen molar-refractivity contribution in [2.24, 2.45) is 0 Å². The molecule has 10 heteroatoms. The molecular formula is C90H160NO8P. The molecular weight excluding hydrogens is 1250 g/mol. The van der Waals surface area contributed by atoms with Gasteiger partial charge in [0.25, 0.3) is 7.82 Å². The van der Waals surface area contributed by atoms with Gasteiger partial charge in [0.2, 0.25) is 0 Å². The normalized spacial score (nSPS) is 13.6. The Kier molecular flexibility index (Phi) is 76.7. The molecule has 0 aromatic rings. The summed E-state index contributed by atoms with van der Waals surface area (Å²) < 4.78 is 34.5. The first-order chi connectivity index (χ1) is 49.0. The van der Waals surface area contributed by atoms with Crippen LogP contribution in [0.1, 0.15) is 386 Å². The van der Waals surface area contributed by atoms with Gasteiger partial charge < -0.3 is 27.9 Å². The average Bonchev–Trinajstić information content (AvgIpc) is 1.02. The quantitative estimate of drug-likeness (QED) is 0.0195. The Labute approximate surface area is 619 Å². The number of nitrogens with zero attached hydrogens (tertiary/aromatic N) is 1. The highest BCUT2D eigenvalue weighted by molar-refractivity contribution is 7.45. The van der Waals surface area contributed by atoms with Gasteiger partial charge >= 0.3 is 11.9 Å². The third-order valence-corrected chi connectivity index (χ3v) is 19.4. The maximum Gasteiger partial charge on any atom is 0.306 e. The van der Waals surface area contributed by atoms with Crippen LogP contribution in [0.25, 0.3) is 0 Å². The lowest BCUT2D eigenvalue weighted by atomic mass is 10.0. The molecule has 0 aliphatic heterocycles. The van der Waals surface area contributed by atoms with Gasteiger partial charge in [0, 0.05) is 12.8 Å². The molecule has 0 aromatic carbocycles. The predicted octanol–water partition coefficient (Wildman–Crippen LogP) is 27.9. The summed E-state index contributed by atoms with van der Waals surface area (Å²) in [5, 5.41) is 0. The number of carbonyl (C=O) groups is 2. The van der Waals surface area contributed by atoms with Crippen molar-refractivity contribution in [1.29, 1.82) is 0 Å². The first-order valence-corrected chi connectivity index (χ1v) is 43.7. The van der Waals surface area contributed by atoms with Gasteiger partial charge in [-0.25, -0.2) is 0 Å². The number of hydrogen-bond donors (Lipinski definition) is 0. The van der Waals surface area contributed by atoms with Gasteiger partial charge in [0.1, 0.15) is 19.8 Å². The van der Waals surface area contributed by atoms with Crippen LogP contribution in [-0.4, -0.2) is 70.0 Å². The molecule has 0 fully saturated rings. The van der Waals surface area contributed by atoms with Crippen LogP contribution >= 0.6 is 7.82 Å². The Morgan fingerprint density at radius 2 is 0.570 bits per heavy atom. The van der Waals surface area contributed by atoms with Gasteiger partial charge in [0.15, 0.2) is 6.10 Å². The molecule has 2 unspecified atom stereocenters. The number of quaternary nitrogens is 1. The number of allylic oxidation sites excluding steroid dienone is 20. The van der Waals surface area contributed by atoms with E-state index in [9.17, 15) is 19.0 Å². The summed E-state index contributed by atoms with van der Waals surface area (Å²) in [6.07, 6.45) is 115. The third kappa shape index (κ3) is 83.4. The van der Waals surface area contributed by atoms with E-state index in [4.69, 9.17) is 18.5 Å². The van der Waals surface area contributed by atoms with E-state index >= 15 is 0 Å². The van der Waals surface area contributed by atoms with Crippen LogP contribution < -0.4 is 4.89 Å². The highest BCUT2D eigenvalue weighted by atomic mass is 31.2. The molecule has 0 saturated carbocycles. The Morgan fingerprint density at radius 3 is 0.850 bits per heavy atom. The molecule has 0 heterocycles. The summed E-state index contributed by atoms with van der Waals surface area (Å²) in [5.74, 6) is -0.820. The maximum atomic E-state index is 12.9. The minimum absolute atomic E-state index is 0.0325. The second kappa shape index (κ2) is 79.5. The van der Waals surface area contributed by atoms with Crippen molar-refractivity contribution in [3.05, 3.63) is 122 Å². The fourth-order valence-electron chi connectivity index (χ4n) is 12.1. The van der Waals surface area contributed by atoms with Gasteiger partial charge in [-0.3, -0.25) is 14.2 Å². The minimum Gasteiger partial charge on any atom is -0.756 e. The lowest BCUT2D eigenvalue weighted by Crippen LogP contribution is -2.37. The van der Waals surface area contributed by atoms with Crippen LogP contribution in [0.3, 0.4) is 0 Å². The molecule has 0 aliphatic rings. The van der Waals surface area contributed by atoms with E-state index < -0.39 is 26.5 Å². The van der Waals surface area contributed by atoms with E-state index in [1.54, 1.807) is 0 Å². The molecule has 0 spiro atoms. The van der Waals surface area contributed by atoms with Gasteiger partial charge in [-0.2, -0.15) is 0 Å². The van der Waals surface area contributed by atoms with Crippen LogP contribution in [0.2, 0.25) is 0 Å². The number of likely N-dealkylation sites (N-methyl/N-ethyl adjacent to an activating group) is 1. The number of rotatable bonds is 78. The second-order valence-electron chi connectivity index (χ2n) is 29.5. The third-order valence-electron chi connectivity index (χ3n) is 18.5. The molecule has 0 amide bonds. The van der Waals surface area contributed by atoms with E-state index in [0.29, 0.717) is 17.4 Å². The lowest BCUT2D eigenvalue weighted by Gasteiger charge is -2.28. The van der Waals surface area contributed by atoms with E-state index in [-0.39, 0.29) is 32.0 Å². The van der Waals surface area contributed by atoms with Crippen molar-refractivity contribution < 1.29 is 42.1 Å². The number of carbonyl (C=O) groups excluding carboxylic acids is 2. The Hall–Kier alpha value is -3.59. The smallest absolute Gasteiger partial charge is 0.306 e. The summed E-state index contributed by atoms with van der Waals surface area (Å²) in [6, 6.07) is 0. The molecule has 0 N–H and O–H groups in total. The Bertz CT molecular complexity index is 2110. The van der Waals surface area contributed by atoms with Gasteiger partial charge in [-0.1, -0.05) is 386 Å². The number of phosphoric acid groups is 1. The van der Waals surface area contributed by atoms with Crippen molar-refractivity contribution >= 4 is 19.8 Å². The highest BCUT2D eigenvalue weighted by Crippen LogP contribution is 2.38. The summed E-state index contributed by atoms with van der Waals surface area (Å²) in [4.78, 5) is 38.2. The highest BCUT2D eigenvalue weighted by Gasteiger charge is 2.22. The predicted molar refractivity (Wildman–Crippen MR) is 434 cm³/mol. The molecule has 0 saturated heterocycles. The molecule has 0 aromatic heterocycles. The van der Waals surface area contributed by atoms with Crippen LogP contribution in [0.15, 0.2) is 122 Å². The molecule has 0 radical (unpaired) electrons. The van der Waals surface area contributed by atoms with Crippen molar-refractivity contribution in [2.75, 3.05) is 47.5 Å². The number of hydrogen-bond acceptors (Lipinski definition) is 8. The van der Waals surface area contributed by atoms with Crippen LogP contribution in [0.4, 0.5) is 0 Å². The fourth-order valence-corrected chi connectivity index (χ4v) is 12.8. The zero-order valence-corrected chi connectivity index (χ0v) is 67.0. The topological polar surface area (TPSA) is 111 Å². The fraction of sp³-hybridized carbons (Fsp3) is 0.756. The summed E-state index contributed by atoms with van der Waals surface area (Å²) in [6.45, 7) is 4.16. The zero-order valence-electron chi connectivity index (χ0n) is 66.1. The maximum absolute atomic E-state index is 12.9. The SMILES string of the molecule is CC/C=C\C/C=C\C/C=C\C/C=C\C/C=C\C/C=C\C/C=C\CCCCCCCCCCCCCCCCCC(=O)OC(COC(=O)CCCCCCCCCCCCCCCCCCCCCCCCCC/C=C\C/C=C\C/C=C\CCCCCCC)COP(=O)([O-])OCC[N+](C)(C)C. The van der Waals surface area contributed by atoms with Gasteiger partial charge in [-0.05, 0) is 109 Å². The summed E-state index contributed by atoms with van der Waals surface area (Å²) >= 11 is 0. The molecule has 0 rings (SSSR count). The van der Waals surface area contributed by atoms with Gasteiger partial charge in [-0.15, -0.1) is 0 Å².